The molecular weight excluding hydrogens is 350 g/mol. The molecule has 25 heavy (non-hydrogen) atoms. The highest BCUT2D eigenvalue weighted by molar-refractivity contribution is 7.98. The van der Waals surface area contributed by atoms with Crippen LogP contribution in [0.2, 0.25) is 0 Å². The maximum Gasteiger partial charge on any atom is 0.269 e. The number of amides is 1. The summed E-state index contributed by atoms with van der Waals surface area (Å²) in [4.78, 5) is 39.5. The Morgan fingerprint density at radius 2 is 2.12 bits per heavy atom. The van der Waals surface area contributed by atoms with Crippen molar-refractivity contribution in [3.63, 3.8) is 0 Å². The van der Waals surface area contributed by atoms with Gasteiger partial charge in [0.1, 0.15) is 11.4 Å². The third-order valence-corrected chi connectivity index (χ3v) is 4.73. The molecule has 10 nitrogen and oxygen atoms in total. The summed E-state index contributed by atoms with van der Waals surface area (Å²) in [5, 5.41) is 24.8. The number of rotatable bonds is 3. The molecule has 0 radical (unpaired) electrons. The number of nitrogen functional groups attached to an aromatic ring is 1. The van der Waals surface area contributed by atoms with E-state index in [0.29, 0.717) is 5.16 Å². The standard InChI is InChI=1S/C14H13N5O5S/c1-18-11(20)9(10(15)17-13(18)25-2)14(22)7-5-6(19(23)24)3-4-8(7)16-12(14)21/h3-5,22H,15H2,1-2H3,(H,16,21). The van der Waals surface area contributed by atoms with Gasteiger partial charge in [0.05, 0.1) is 4.92 Å². The Morgan fingerprint density at radius 1 is 1.44 bits per heavy atom. The zero-order chi connectivity index (χ0) is 18.5. The molecule has 1 amide bonds. The average molecular weight is 363 g/mol. The molecule has 0 bridgehead atoms. The van der Waals surface area contributed by atoms with Gasteiger partial charge in [0.15, 0.2) is 5.16 Å². The third-order valence-electron chi connectivity index (χ3n) is 4.00. The second kappa shape index (κ2) is 5.57. The fraction of sp³-hybridized carbons (Fsp3) is 0.214. The number of non-ortho nitro benzene ring substituents is 1. The highest BCUT2D eigenvalue weighted by Gasteiger charge is 2.51. The lowest BCUT2D eigenvalue weighted by molar-refractivity contribution is -0.385. The lowest BCUT2D eigenvalue weighted by Crippen LogP contribution is -2.43. The monoisotopic (exact) mass is 363 g/mol. The molecule has 1 aromatic heterocycles. The van der Waals surface area contributed by atoms with E-state index in [4.69, 9.17) is 5.73 Å². The Hall–Kier alpha value is -2.92. The van der Waals surface area contributed by atoms with Gasteiger partial charge in [-0.25, -0.2) is 4.98 Å². The molecule has 3 rings (SSSR count). The van der Waals surface area contributed by atoms with Crippen LogP contribution in [-0.2, 0) is 17.4 Å². The predicted molar refractivity (Wildman–Crippen MR) is 90.4 cm³/mol. The number of fused-ring (bicyclic) bond motifs is 1. The maximum atomic E-state index is 12.7. The van der Waals surface area contributed by atoms with Gasteiger partial charge in [-0.1, -0.05) is 11.8 Å². The smallest absolute Gasteiger partial charge is 0.269 e. The van der Waals surface area contributed by atoms with E-state index in [2.05, 4.69) is 10.3 Å². The van der Waals surface area contributed by atoms with Gasteiger partial charge in [0.25, 0.3) is 17.2 Å². The van der Waals surface area contributed by atoms with Crippen molar-refractivity contribution < 1.29 is 14.8 Å². The number of aromatic nitrogens is 2. The number of aliphatic hydroxyl groups is 1. The van der Waals surface area contributed by atoms with Gasteiger partial charge in [0.2, 0.25) is 5.60 Å². The lowest BCUT2D eigenvalue weighted by Gasteiger charge is -2.22. The maximum absolute atomic E-state index is 12.7. The van der Waals surface area contributed by atoms with Crippen LogP contribution in [0.25, 0.3) is 0 Å². The summed E-state index contributed by atoms with van der Waals surface area (Å²) in [5.41, 5.74) is 1.92. The topological polar surface area (TPSA) is 153 Å². The summed E-state index contributed by atoms with van der Waals surface area (Å²) in [7, 11) is 1.43. The molecule has 0 saturated carbocycles. The molecular formula is C14H13N5O5S. The number of hydrogen-bond donors (Lipinski definition) is 3. The minimum atomic E-state index is -2.47. The van der Waals surface area contributed by atoms with Crippen molar-refractivity contribution in [3.05, 3.63) is 49.8 Å². The molecule has 2 heterocycles. The highest BCUT2D eigenvalue weighted by Crippen LogP contribution is 2.42. The third kappa shape index (κ3) is 2.27. The minimum absolute atomic E-state index is 0.116. The largest absolute Gasteiger partial charge is 0.383 e. The number of hydrogen-bond acceptors (Lipinski definition) is 8. The number of carbonyl (C=O) groups is 1. The van der Waals surface area contributed by atoms with Crippen molar-refractivity contribution in [2.24, 2.45) is 7.05 Å². The fourth-order valence-electron chi connectivity index (χ4n) is 2.76. The van der Waals surface area contributed by atoms with Crippen molar-refractivity contribution >= 4 is 34.9 Å². The molecule has 0 aliphatic carbocycles. The summed E-state index contributed by atoms with van der Waals surface area (Å²) in [6, 6.07) is 3.50. The van der Waals surface area contributed by atoms with E-state index in [-0.39, 0.29) is 22.8 Å². The van der Waals surface area contributed by atoms with E-state index in [9.17, 15) is 24.8 Å². The minimum Gasteiger partial charge on any atom is -0.383 e. The molecule has 4 N–H and O–H groups in total. The van der Waals surface area contributed by atoms with Crippen LogP contribution < -0.4 is 16.6 Å². The number of nitrogens with two attached hydrogens (primary N) is 1. The number of nitro groups is 1. The zero-order valence-corrected chi connectivity index (χ0v) is 14.0. The molecule has 0 spiro atoms. The second-order valence-electron chi connectivity index (χ2n) is 5.37. The number of nitro benzene ring substituents is 1. The molecule has 1 aliphatic heterocycles. The van der Waals surface area contributed by atoms with Gasteiger partial charge in [-0.05, 0) is 12.3 Å². The number of thioether (sulfide) groups is 1. The summed E-state index contributed by atoms with van der Waals surface area (Å²) in [6.07, 6.45) is 1.69. The average Bonchev–Trinajstić information content (AvgIpc) is 2.82. The van der Waals surface area contributed by atoms with Crippen LogP contribution in [0.15, 0.2) is 28.2 Å². The number of carbonyl (C=O) groups excluding carboxylic acids is 1. The highest BCUT2D eigenvalue weighted by atomic mass is 32.2. The van der Waals surface area contributed by atoms with E-state index >= 15 is 0 Å². The lowest BCUT2D eigenvalue weighted by atomic mass is 9.88. The molecule has 0 saturated heterocycles. The Morgan fingerprint density at radius 3 is 2.72 bits per heavy atom. The van der Waals surface area contributed by atoms with Crippen molar-refractivity contribution in [1.29, 1.82) is 0 Å². The quantitative estimate of drug-likeness (QED) is 0.302. The van der Waals surface area contributed by atoms with E-state index in [0.717, 1.165) is 10.6 Å². The van der Waals surface area contributed by atoms with Crippen LogP contribution in [0.3, 0.4) is 0 Å². The molecule has 130 valence electrons. The van der Waals surface area contributed by atoms with E-state index in [1.165, 1.54) is 30.9 Å². The molecule has 1 atom stereocenters. The zero-order valence-electron chi connectivity index (χ0n) is 13.1. The Kier molecular flexibility index (Phi) is 3.77. The predicted octanol–water partition coefficient (Wildman–Crippen LogP) is 0.181. The van der Waals surface area contributed by atoms with Crippen LogP contribution in [0.4, 0.5) is 17.2 Å². The van der Waals surface area contributed by atoms with Gasteiger partial charge in [0, 0.05) is 30.4 Å². The first-order chi connectivity index (χ1) is 11.7. The SMILES string of the molecule is CSc1nc(N)c(C2(O)C(=O)Nc3ccc([N+](=O)[O-])cc32)c(=O)n1C. The Labute approximate surface area is 144 Å². The van der Waals surface area contributed by atoms with Crippen LogP contribution in [0, 0.1) is 10.1 Å². The van der Waals surface area contributed by atoms with Crippen LogP contribution in [0.1, 0.15) is 11.1 Å². The molecule has 2 aromatic rings. The molecule has 1 unspecified atom stereocenters. The molecule has 1 aromatic carbocycles. The Balaban J connectivity index is 2.34. The first-order valence-corrected chi connectivity index (χ1v) is 8.18. The first kappa shape index (κ1) is 16.9. The van der Waals surface area contributed by atoms with E-state index in [1.54, 1.807) is 6.26 Å². The summed E-state index contributed by atoms with van der Waals surface area (Å²) in [5.74, 6) is -1.24. The van der Waals surface area contributed by atoms with Gasteiger partial charge in [-0.15, -0.1) is 0 Å². The van der Waals surface area contributed by atoms with Crippen LogP contribution >= 0.6 is 11.8 Å². The van der Waals surface area contributed by atoms with Gasteiger partial charge in [-0.2, -0.15) is 0 Å². The van der Waals surface area contributed by atoms with Crippen molar-refractivity contribution in [2.75, 3.05) is 17.3 Å². The van der Waals surface area contributed by atoms with Crippen LogP contribution in [-0.4, -0.2) is 31.7 Å². The van der Waals surface area contributed by atoms with Gasteiger partial charge < -0.3 is 16.2 Å². The van der Waals surface area contributed by atoms with Crippen LogP contribution in [0.5, 0.6) is 0 Å². The van der Waals surface area contributed by atoms with Gasteiger partial charge >= 0.3 is 0 Å². The van der Waals surface area contributed by atoms with E-state index < -0.39 is 27.6 Å². The van der Waals surface area contributed by atoms with Crippen molar-refractivity contribution in [1.82, 2.24) is 9.55 Å². The normalized spacial score (nSPS) is 18.8. The summed E-state index contributed by atoms with van der Waals surface area (Å²) >= 11 is 1.17. The number of anilines is 2. The number of nitrogens with zero attached hydrogens (tertiary/aromatic N) is 3. The molecule has 11 heteroatoms. The van der Waals surface area contributed by atoms with E-state index in [1.807, 2.05) is 0 Å². The summed E-state index contributed by atoms with van der Waals surface area (Å²) < 4.78 is 1.15. The molecule has 0 fully saturated rings. The first-order valence-electron chi connectivity index (χ1n) is 6.95. The second-order valence-corrected chi connectivity index (χ2v) is 6.15. The Bertz CT molecular complexity index is 988. The summed E-state index contributed by atoms with van der Waals surface area (Å²) in [6.45, 7) is 0. The van der Waals surface area contributed by atoms with Crippen molar-refractivity contribution in [2.45, 2.75) is 10.8 Å². The van der Waals surface area contributed by atoms with Gasteiger partial charge in [-0.3, -0.25) is 24.3 Å². The number of benzene rings is 1. The van der Waals surface area contributed by atoms with Crippen molar-refractivity contribution in [3.8, 4) is 0 Å². The number of nitrogens with one attached hydrogen (secondary N) is 1. The molecule has 1 aliphatic rings. The fourth-order valence-corrected chi connectivity index (χ4v) is 3.30.